The zero-order valence-corrected chi connectivity index (χ0v) is 12.2. The van der Waals surface area contributed by atoms with E-state index in [1.807, 2.05) is 7.05 Å². The summed E-state index contributed by atoms with van der Waals surface area (Å²) >= 11 is 6.18. The predicted molar refractivity (Wildman–Crippen MR) is 78.4 cm³/mol. The molecule has 0 radical (unpaired) electrons. The molecule has 2 heterocycles. The Balaban J connectivity index is 2.09. The van der Waals surface area contributed by atoms with Crippen molar-refractivity contribution >= 4 is 23.4 Å². The van der Waals surface area contributed by atoms with E-state index in [0.717, 1.165) is 38.3 Å². The molecule has 1 saturated heterocycles. The molecule has 0 spiro atoms. The minimum Gasteiger partial charge on any atom is -0.355 e. The largest absolute Gasteiger partial charge is 0.355 e. The highest BCUT2D eigenvalue weighted by atomic mass is 35.5. The fraction of sp³-hybridized carbons (Fsp3) is 0.667. The molecule has 0 bridgehead atoms. The van der Waals surface area contributed by atoms with Gasteiger partial charge in [0, 0.05) is 26.2 Å². The lowest BCUT2D eigenvalue weighted by Crippen LogP contribution is -2.43. The second-order valence-corrected chi connectivity index (χ2v) is 5.19. The summed E-state index contributed by atoms with van der Waals surface area (Å²) in [6.45, 7) is 5.56. The third-order valence-corrected chi connectivity index (χ3v) is 4.01. The van der Waals surface area contributed by atoms with Gasteiger partial charge >= 0.3 is 0 Å². The number of nitrogen functional groups attached to an aromatic ring is 1. The molecule has 1 aliphatic rings. The van der Waals surface area contributed by atoms with Crippen LogP contribution in [-0.4, -0.2) is 47.6 Å². The predicted octanol–water partition coefficient (Wildman–Crippen LogP) is 1.34. The third kappa shape index (κ3) is 3.26. The SMILES string of the molecule is CCN1CCC(N(C)c2nc(NN)ncc2Cl)CC1. The van der Waals surface area contributed by atoms with E-state index in [1.54, 1.807) is 6.20 Å². The van der Waals surface area contributed by atoms with Crippen LogP contribution in [0, 0.1) is 0 Å². The first kappa shape index (κ1) is 14.3. The van der Waals surface area contributed by atoms with Crippen molar-refractivity contribution in [1.82, 2.24) is 14.9 Å². The number of hydrogen-bond acceptors (Lipinski definition) is 6. The number of nitrogens with zero attached hydrogens (tertiary/aromatic N) is 4. The quantitative estimate of drug-likeness (QED) is 0.642. The molecular formula is C12H21ClN6. The highest BCUT2D eigenvalue weighted by Crippen LogP contribution is 2.27. The zero-order chi connectivity index (χ0) is 13.8. The van der Waals surface area contributed by atoms with E-state index in [0.29, 0.717) is 17.0 Å². The van der Waals surface area contributed by atoms with Crippen LogP contribution in [0.15, 0.2) is 6.20 Å². The van der Waals surface area contributed by atoms with Crippen LogP contribution in [-0.2, 0) is 0 Å². The first-order valence-corrected chi connectivity index (χ1v) is 6.97. The molecule has 19 heavy (non-hydrogen) atoms. The van der Waals surface area contributed by atoms with E-state index < -0.39 is 0 Å². The lowest BCUT2D eigenvalue weighted by Gasteiger charge is -2.37. The van der Waals surface area contributed by atoms with E-state index in [2.05, 4.69) is 32.1 Å². The number of hydrazine groups is 1. The van der Waals surface area contributed by atoms with Gasteiger partial charge in [0.05, 0.1) is 6.20 Å². The molecular weight excluding hydrogens is 264 g/mol. The Morgan fingerprint density at radius 3 is 2.79 bits per heavy atom. The summed E-state index contributed by atoms with van der Waals surface area (Å²) < 4.78 is 0. The highest BCUT2D eigenvalue weighted by Gasteiger charge is 2.24. The van der Waals surface area contributed by atoms with Gasteiger partial charge in [-0.2, -0.15) is 4.98 Å². The third-order valence-electron chi connectivity index (χ3n) is 3.74. The Bertz CT molecular complexity index is 419. The van der Waals surface area contributed by atoms with Crippen LogP contribution >= 0.6 is 11.6 Å². The van der Waals surface area contributed by atoms with Gasteiger partial charge in [0.1, 0.15) is 5.02 Å². The smallest absolute Gasteiger partial charge is 0.239 e. The minimum absolute atomic E-state index is 0.386. The topological polar surface area (TPSA) is 70.3 Å². The van der Waals surface area contributed by atoms with E-state index in [9.17, 15) is 0 Å². The molecule has 1 fully saturated rings. The van der Waals surface area contributed by atoms with Gasteiger partial charge in [0.25, 0.3) is 0 Å². The molecule has 6 nitrogen and oxygen atoms in total. The van der Waals surface area contributed by atoms with Crippen molar-refractivity contribution in [2.45, 2.75) is 25.8 Å². The maximum absolute atomic E-state index is 6.18. The lowest BCUT2D eigenvalue weighted by molar-refractivity contribution is 0.220. The van der Waals surface area contributed by atoms with E-state index in [4.69, 9.17) is 17.4 Å². The van der Waals surface area contributed by atoms with Crippen LogP contribution in [0.1, 0.15) is 19.8 Å². The van der Waals surface area contributed by atoms with Crippen molar-refractivity contribution in [3.63, 3.8) is 0 Å². The number of nitrogens with two attached hydrogens (primary N) is 1. The van der Waals surface area contributed by atoms with Gasteiger partial charge in [-0.3, -0.25) is 5.43 Å². The van der Waals surface area contributed by atoms with E-state index in [1.165, 1.54) is 0 Å². The number of nitrogens with one attached hydrogen (secondary N) is 1. The molecule has 106 valence electrons. The monoisotopic (exact) mass is 284 g/mol. The molecule has 1 aromatic rings. The van der Waals surface area contributed by atoms with Gasteiger partial charge in [0.15, 0.2) is 5.82 Å². The van der Waals surface area contributed by atoms with Gasteiger partial charge in [0.2, 0.25) is 5.95 Å². The second-order valence-electron chi connectivity index (χ2n) is 4.79. The van der Waals surface area contributed by atoms with E-state index in [-0.39, 0.29) is 0 Å². The molecule has 0 amide bonds. The summed E-state index contributed by atoms with van der Waals surface area (Å²) in [4.78, 5) is 12.9. The van der Waals surface area contributed by atoms with Crippen molar-refractivity contribution < 1.29 is 0 Å². The summed E-state index contributed by atoms with van der Waals surface area (Å²) in [6.07, 6.45) is 3.82. The highest BCUT2D eigenvalue weighted by molar-refractivity contribution is 6.32. The molecule has 3 N–H and O–H groups in total. The Morgan fingerprint density at radius 2 is 2.21 bits per heavy atom. The maximum Gasteiger partial charge on any atom is 0.239 e. The molecule has 0 aromatic carbocycles. The molecule has 1 aromatic heterocycles. The first-order chi connectivity index (χ1) is 9.15. The number of anilines is 2. The average molecular weight is 285 g/mol. The Morgan fingerprint density at radius 1 is 1.53 bits per heavy atom. The van der Waals surface area contributed by atoms with Crippen molar-refractivity contribution in [1.29, 1.82) is 0 Å². The summed E-state index contributed by atoms with van der Waals surface area (Å²) in [6, 6.07) is 0.459. The Labute approximate surface area is 118 Å². The van der Waals surface area contributed by atoms with Crippen LogP contribution in [0.4, 0.5) is 11.8 Å². The molecule has 2 rings (SSSR count). The van der Waals surface area contributed by atoms with Gasteiger partial charge in [-0.05, 0) is 19.4 Å². The normalized spacial score (nSPS) is 17.5. The van der Waals surface area contributed by atoms with Crippen LogP contribution in [0.5, 0.6) is 0 Å². The molecule has 0 atom stereocenters. The number of rotatable bonds is 4. The standard InChI is InChI=1S/C12H21ClN6/c1-3-19-6-4-9(5-7-19)18(2)11-10(13)8-15-12(16-11)17-14/h8-9H,3-7,14H2,1-2H3,(H,15,16,17). The van der Waals surface area contributed by atoms with Crippen LogP contribution in [0.3, 0.4) is 0 Å². The summed E-state index contributed by atoms with van der Waals surface area (Å²) in [5.74, 6) is 6.46. The molecule has 1 aliphatic heterocycles. The number of likely N-dealkylation sites (tertiary alicyclic amines) is 1. The number of hydrogen-bond donors (Lipinski definition) is 2. The first-order valence-electron chi connectivity index (χ1n) is 6.60. The lowest BCUT2D eigenvalue weighted by atomic mass is 10.0. The molecule has 0 aliphatic carbocycles. The number of halogens is 1. The summed E-state index contributed by atoms with van der Waals surface area (Å²) in [5.41, 5.74) is 2.45. The number of aromatic nitrogens is 2. The van der Waals surface area contributed by atoms with Gasteiger partial charge < -0.3 is 9.80 Å². The van der Waals surface area contributed by atoms with Crippen molar-refractivity contribution in [2.24, 2.45) is 5.84 Å². The zero-order valence-electron chi connectivity index (χ0n) is 11.4. The fourth-order valence-corrected chi connectivity index (χ4v) is 2.70. The second kappa shape index (κ2) is 6.36. The maximum atomic E-state index is 6.18. The molecule has 7 heteroatoms. The summed E-state index contributed by atoms with van der Waals surface area (Å²) in [7, 11) is 2.03. The Kier molecular flexibility index (Phi) is 4.79. The fourth-order valence-electron chi connectivity index (χ4n) is 2.47. The van der Waals surface area contributed by atoms with E-state index >= 15 is 0 Å². The Hall–Kier alpha value is -1.11. The van der Waals surface area contributed by atoms with Crippen molar-refractivity contribution in [3.05, 3.63) is 11.2 Å². The summed E-state index contributed by atoms with van der Waals surface area (Å²) in [5, 5.41) is 0.555. The van der Waals surface area contributed by atoms with Crippen LogP contribution in [0.25, 0.3) is 0 Å². The minimum atomic E-state index is 0.386. The van der Waals surface area contributed by atoms with Crippen molar-refractivity contribution in [2.75, 3.05) is 37.0 Å². The van der Waals surface area contributed by atoms with Crippen LogP contribution < -0.4 is 16.2 Å². The van der Waals surface area contributed by atoms with Crippen molar-refractivity contribution in [3.8, 4) is 0 Å². The molecule has 0 unspecified atom stereocenters. The van der Waals surface area contributed by atoms with Gasteiger partial charge in [-0.15, -0.1) is 0 Å². The van der Waals surface area contributed by atoms with Crippen LogP contribution in [0.2, 0.25) is 5.02 Å². The average Bonchev–Trinajstić information content (AvgIpc) is 2.47. The van der Waals surface area contributed by atoms with Gasteiger partial charge in [-0.1, -0.05) is 18.5 Å². The molecule has 0 saturated carbocycles. The van der Waals surface area contributed by atoms with Gasteiger partial charge in [-0.25, -0.2) is 10.8 Å². The number of piperidine rings is 1.